The molecule has 0 radical (unpaired) electrons. The molecule has 0 amide bonds. The van der Waals surface area contributed by atoms with Gasteiger partial charge in [-0.2, -0.15) is 0 Å². The van der Waals surface area contributed by atoms with Crippen molar-refractivity contribution in [1.29, 1.82) is 0 Å². The number of aryl methyl sites for hydroxylation is 2. The number of aromatic nitrogens is 3. The molecule has 1 unspecified atom stereocenters. The molecule has 3 aromatic heterocycles. The average Bonchev–Trinajstić information content (AvgIpc) is 2.99. The maximum atomic E-state index is 7.37. The van der Waals surface area contributed by atoms with Gasteiger partial charge >= 0.3 is 0 Å². The zero-order valence-corrected chi connectivity index (χ0v) is 25.6. The molecule has 1 atom stereocenters. The Morgan fingerprint density at radius 2 is 1.33 bits per heavy atom. The highest BCUT2D eigenvalue weighted by molar-refractivity contribution is 6.14. The van der Waals surface area contributed by atoms with Crippen LogP contribution in [-0.4, -0.2) is 66.9 Å². The van der Waals surface area contributed by atoms with E-state index in [1.165, 1.54) is 0 Å². The number of rotatable bonds is 6. The maximum absolute atomic E-state index is 7.37. The van der Waals surface area contributed by atoms with E-state index in [2.05, 4.69) is 44.5 Å². The third kappa shape index (κ3) is 4.94. The summed E-state index contributed by atoms with van der Waals surface area (Å²) in [5.41, 5.74) is 19.0. The third-order valence-corrected chi connectivity index (χ3v) is 7.68. The molecular formula is C33H36N10. The molecule has 1 aliphatic heterocycles. The highest BCUT2D eigenvalue weighted by Crippen LogP contribution is 2.35. The summed E-state index contributed by atoms with van der Waals surface area (Å²) >= 11 is 0. The van der Waals surface area contributed by atoms with Crippen molar-refractivity contribution in [2.24, 2.45) is 15.7 Å². The molecule has 2 aromatic carbocycles. The van der Waals surface area contributed by atoms with Crippen LogP contribution < -0.4 is 21.0 Å². The number of nitrogens with zero attached hydrogens (tertiary/aromatic N) is 8. The summed E-state index contributed by atoms with van der Waals surface area (Å²) in [5.74, 6) is -0.205. The molecule has 43 heavy (non-hydrogen) atoms. The zero-order valence-electron chi connectivity index (χ0n) is 25.6. The van der Waals surface area contributed by atoms with Gasteiger partial charge in [0.15, 0.2) is 11.7 Å². The van der Waals surface area contributed by atoms with Gasteiger partial charge in [-0.1, -0.05) is 6.07 Å². The molecule has 3 N–H and O–H groups in total. The fraction of sp³-hybridized carbons (Fsp3) is 0.242. The van der Waals surface area contributed by atoms with Crippen molar-refractivity contribution in [1.82, 2.24) is 25.4 Å². The van der Waals surface area contributed by atoms with Crippen LogP contribution in [0.5, 0.6) is 0 Å². The second kappa shape index (κ2) is 10.7. The van der Waals surface area contributed by atoms with E-state index in [1.54, 1.807) is 17.4 Å². The monoisotopic (exact) mass is 572 g/mol. The summed E-state index contributed by atoms with van der Waals surface area (Å²) in [4.78, 5) is 28.2. The normalized spacial score (nSPS) is 16.8. The van der Waals surface area contributed by atoms with Crippen LogP contribution in [0, 0.1) is 13.8 Å². The van der Waals surface area contributed by atoms with Crippen molar-refractivity contribution in [3.8, 4) is 0 Å². The predicted octanol–water partition coefficient (Wildman–Crippen LogP) is 4.34. The summed E-state index contributed by atoms with van der Waals surface area (Å²) in [7, 11) is 9.95. The minimum absolute atomic E-state index is 0.517. The molecule has 0 bridgehead atoms. The lowest BCUT2D eigenvalue weighted by Crippen LogP contribution is -2.61. The standard InChI is InChI=1S/C33H36N10/c1-20-16-29(41(4)5)25-18-23(8-10-27(25)37-20)31-39-32(22-12-14-36-15-13-22)43(35-3)33(34,40-31)24-9-11-28-26(19-24)30(42(6)7)17-21(2)38-28/h8-19,35H,34H2,1-7H3. The SMILES string of the molecule is CNN1C(c2ccncc2)=NC(c2ccc3nc(C)cc(N(C)C)c3c2)=NC1(N)c1ccc2nc(C)cc(N(C)C)c2c1. The van der Waals surface area contributed by atoms with Gasteiger partial charge in [0, 0.05) is 97.9 Å². The molecule has 4 heterocycles. The Morgan fingerprint density at radius 3 is 1.91 bits per heavy atom. The largest absolute Gasteiger partial charge is 0.377 e. The van der Waals surface area contributed by atoms with Crippen LogP contribution in [-0.2, 0) is 5.79 Å². The van der Waals surface area contributed by atoms with E-state index < -0.39 is 5.79 Å². The van der Waals surface area contributed by atoms with Crippen molar-refractivity contribution < 1.29 is 0 Å². The van der Waals surface area contributed by atoms with Crippen LogP contribution >= 0.6 is 0 Å². The van der Waals surface area contributed by atoms with Gasteiger partial charge < -0.3 is 9.80 Å². The predicted molar refractivity (Wildman–Crippen MR) is 176 cm³/mol. The van der Waals surface area contributed by atoms with Crippen molar-refractivity contribution in [3.63, 3.8) is 0 Å². The van der Waals surface area contributed by atoms with Crippen LogP contribution in [0.3, 0.4) is 0 Å². The van der Waals surface area contributed by atoms with Crippen LogP contribution in [0.2, 0.25) is 0 Å². The Bertz CT molecular complexity index is 1910. The molecule has 0 aliphatic carbocycles. The number of aliphatic imine (C=N–C) groups is 2. The van der Waals surface area contributed by atoms with E-state index in [4.69, 9.17) is 25.7 Å². The maximum Gasteiger partial charge on any atom is 0.228 e. The number of nitrogens with two attached hydrogens (primary N) is 1. The molecular weight excluding hydrogens is 536 g/mol. The van der Waals surface area contributed by atoms with Gasteiger partial charge in [-0.15, -0.1) is 0 Å². The molecule has 10 heteroatoms. The van der Waals surface area contributed by atoms with E-state index >= 15 is 0 Å². The Labute approximate surface area is 251 Å². The summed E-state index contributed by atoms with van der Waals surface area (Å²) in [6, 6.07) is 20.2. The summed E-state index contributed by atoms with van der Waals surface area (Å²) < 4.78 is 0. The third-order valence-electron chi connectivity index (χ3n) is 7.68. The van der Waals surface area contributed by atoms with E-state index in [-0.39, 0.29) is 0 Å². The number of fused-ring (bicyclic) bond motifs is 2. The van der Waals surface area contributed by atoms with Crippen molar-refractivity contribution in [2.45, 2.75) is 19.6 Å². The fourth-order valence-electron chi connectivity index (χ4n) is 5.62. The first kappa shape index (κ1) is 28.2. The van der Waals surface area contributed by atoms with E-state index in [9.17, 15) is 0 Å². The van der Waals surface area contributed by atoms with Gasteiger partial charge in [-0.25, -0.2) is 20.4 Å². The summed E-state index contributed by atoms with van der Waals surface area (Å²) in [6.07, 6.45) is 3.49. The molecule has 0 spiro atoms. The van der Waals surface area contributed by atoms with E-state index in [1.807, 2.05) is 85.5 Å². The lowest BCUT2D eigenvalue weighted by Gasteiger charge is -2.42. The van der Waals surface area contributed by atoms with Crippen molar-refractivity contribution >= 4 is 44.9 Å². The quantitative estimate of drug-likeness (QED) is 0.309. The number of hydrogen-bond donors (Lipinski definition) is 2. The fourth-order valence-corrected chi connectivity index (χ4v) is 5.62. The second-order valence-corrected chi connectivity index (χ2v) is 11.2. The molecule has 5 aromatic rings. The Kier molecular flexibility index (Phi) is 7.03. The lowest BCUT2D eigenvalue weighted by atomic mass is 10.0. The molecule has 0 fully saturated rings. The number of hydrogen-bond acceptors (Lipinski definition) is 10. The van der Waals surface area contributed by atoms with Crippen molar-refractivity contribution in [2.75, 3.05) is 45.0 Å². The van der Waals surface area contributed by atoms with Crippen LogP contribution in [0.1, 0.15) is 28.1 Å². The number of anilines is 2. The summed E-state index contributed by atoms with van der Waals surface area (Å²) in [5, 5.41) is 3.81. The lowest BCUT2D eigenvalue weighted by molar-refractivity contribution is 0.137. The number of pyridine rings is 3. The second-order valence-electron chi connectivity index (χ2n) is 11.2. The molecule has 218 valence electrons. The molecule has 1 aliphatic rings. The molecule has 10 nitrogen and oxygen atoms in total. The molecule has 0 saturated heterocycles. The van der Waals surface area contributed by atoms with Gasteiger partial charge in [0.25, 0.3) is 0 Å². The van der Waals surface area contributed by atoms with Crippen LogP contribution in [0.25, 0.3) is 21.8 Å². The topological polar surface area (TPSA) is 111 Å². The average molecular weight is 573 g/mol. The minimum Gasteiger partial charge on any atom is -0.377 e. The van der Waals surface area contributed by atoms with Crippen LogP contribution in [0.15, 0.2) is 83.0 Å². The van der Waals surface area contributed by atoms with Crippen molar-refractivity contribution in [3.05, 3.63) is 101 Å². The number of hydrazine groups is 1. The van der Waals surface area contributed by atoms with Gasteiger partial charge in [0.1, 0.15) is 0 Å². The van der Waals surface area contributed by atoms with E-state index in [0.29, 0.717) is 11.7 Å². The van der Waals surface area contributed by atoms with Gasteiger partial charge in [-0.3, -0.25) is 20.7 Å². The highest BCUT2D eigenvalue weighted by Gasteiger charge is 2.41. The number of amidine groups is 2. The van der Waals surface area contributed by atoms with Gasteiger partial charge in [0.2, 0.25) is 5.79 Å². The summed E-state index contributed by atoms with van der Waals surface area (Å²) in [6.45, 7) is 4.01. The first-order chi connectivity index (χ1) is 20.6. The first-order valence-corrected chi connectivity index (χ1v) is 14.1. The number of benzene rings is 2. The Hall–Kier alpha value is -4.93. The first-order valence-electron chi connectivity index (χ1n) is 14.1. The van der Waals surface area contributed by atoms with Gasteiger partial charge in [-0.05, 0) is 68.4 Å². The zero-order chi connectivity index (χ0) is 30.5. The van der Waals surface area contributed by atoms with E-state index in [0.717, 1.165) is 61.3 Å². The van der Waals surface area contributed by atoms with Gasteiger partial charge in [0.05, 0.1) is 11.0 Å². The highest BCUT2D eigenvalue weighted by atomic mass is 15.6. The van der Waals surface area contributed by atoms with Crippen LogP contribution in [0.4, 0.5) is 11.4 Å². The smallest absolute Gasteiger partial charge is 0.228 e. The molecule has 0 saturated carbocycles. The number of nitrogens with one attached hydrogen (secondary N) is 1. The molecule has 6 rings (SSSR count). The Balaban J connectivity index is 1.61. The Morgan fingerprint density at radius 1 is 0.744 bits per heavy atom. The minimum atomic E-state index is -1.35.